The normalized spacial score (nSPS) is 12.2. The molecule has 1 aromatic carbocycles. The van der Waals surface area contributed by atoms with Gasteiger partial charge in [-0.25, -0.2) is 0 Å². The summed E-state index contributed by atoms with van der Waals surface area (Å²) in [5, 5.41) is 8.72. The van der Waals surface area contributed by atoms with Gasteiger partial charge in [0.1, 0.15) is 6.04 Å². The van der Waals surface area contributed by atoms with Crippen molar-refractivity contribution >= 4 is 11.7 Å². The molecule has 0 amide bonds. The standard InChI is InChI=1S/C13H20N2O2/c1-9-4-5-10(2)12(8-9)15(3)7-6-11(14)13(16)17/h4-5,8,11H,6-7,14H2,1-3H3,(H,16,17). The van der Waals surface area contributed by atoms with Crippen molar-refractivity contribution in [3.05, 3.63) is 29.3 Å². The van der Waals surface area contributed by atoms with Gasteiger partial charge in [0, 0.05) is 19.3 Å². The van der Waals surface area contributed by atoms with Gasteiger partial charge >= 0.3 is 5.97 Å². The summed E-state index contributed by atoms with van der Waals surface area (Å²) in [5.41, 5.74) is 8.99. The minimum absolute atomic E-state index is 0.444. The minimum atomic E-state index is -0.945. The molecule has 0 fully saturated rings. The predicted molar refractivity (Wildman–Crippen MR) is 69.4 cm³/mol. The topological polar surface area (TPSA) is 66.6 Å². The molecule has 0 saturated carbocycles. The number of nitrogens with two attached hydrogens (primary N) is 1. The van der Waals surface area contributed by atoms with Gasteiger partial charge in [0.15, 0.2) is 0 Å². The molecule has 0 heterocycles. The summed E-state index contributed by atoms with van der Waals surface area (Å²) in [4.78, 5) is 12.7. The average Bonchev–Trinajstić information content (AvgIpc) is 2.28. The van der Waals surface area contributed by atoms with Gasteiger partial charge in [0.05, 0.1) is 0 Å². The van der Waals surface area contributed by atoms with Crippen LogP contribution < -0.4 is 10.6 Å². The lowest BCUT2D eigenvalue weighted by Crippen LogP contribution is -2.34. The van der Waals surface area contributed by atoms with Gasteiger partial charge in [0.25, 0.3) is 0 Å². The number of nitrogens with zero attached hydrogens (tertiary/aromatic N) is 1. The van der Waals surface area contributed by atoms with Crippen LogP contribution in [-0.2, 0) is 4.79 Å². The molecule has 1 atom stereocenters. The molecule has 4 nitrogen and oxygen atoms in total. The highest BCUT2D eigenvalue weighted by Gasteiger charge is 2.13. The Labute approximate surface area is 102 Å². The van der Waals surface area contributed by atoms with Gasteiger partial charge in [0.2, 0.25) is 0 Å². The van der Waals surface area contributed by atoms with Crippen LogP contribution in [0.2, 0.25) is 0 Å². The third-order valence-corrected chi connectivity index (χ3v) is 2.87. The molecule has 0 aliphatic heterocycles. The van der Waals surface area contributed by atoms with Crippen LogP contribution >= 0.6 is 0 Å². The summed E-state index contributed by atoms with van der Waals surface area (Å²) in [6, 6.07) is 5.44. The summed E-state index contributed by atoms with van der Waals surface area (Å²) in [6.07, 6.45) is 0.444. The first-order valence-electron chi connectivity index (χ1n) is 5.68. The molecule has 1 aromatic rings. The molecule has 4 heteroatoms. The van der Waals surface area contributed by atoms with Crippen molar-refractivity contribution in [2.24, 2.45) is 5.73 Å². The Hall–Kier alpha value is -1.55. The quantitative estimate of drug-likeness (QED) is 0.814. The second kappa shape index (κ2) is 5.68. The van der Waals surface area contributed by atoms with Crippen LogP contribution in [0.3, 0.4) is 0 Å². The van der Waals surface area contributed by atoms with Crippen molar-refractivity contribution in [2.75, 3.05) is 18.5 Å². The van der Waals surface area contributed by atoms with E-state index in [2.05, 4.69) is 18.2 Å². The summed E-state index contributed by atoms with van der Waals surface area (Å²) < 4.78 is 0. The highest BCUT2D eigenvalue weighted by Crippen LogP contribution is 2.20. The third-order valence-electron chi connectivity index (χ3n) is 2.87. The zero-order valence-corrected chi connectivity index (χ0v) is 10.6. The Kier molecular flexibility index (Phi) is 4.52. The monoisotopic (exact) mass is 236 g/mol. The minimum Gasteiger partial charge on any atom is -0.480 e. The van der Waals surface area contributed by atoms with Crippen LogP contribution in [-0.4, -0.2) is 30.7 Å². The van der Waals surface area contributed by atoms with E-state index in [1.165, 1.54) is 11.1 Å². The molecular formula is C13H20N2O2. The number of carbonyl (C=O) groups is 1. The number of carboxylic acid groups (broad SMARTS) is 1. The molecule has 0 saturated heterocycles. The lowest BCUT2D eigenvalue weighted by Gasteiger charge is -2.22. The van der Waals surface area contributed by atoms with Crippen LogP contribution in [0.1, 0.15) is 17.5 Å². The van der Waals surface area contributed by atoms with Gasteiger partial charge in [-0.1, -0.05) is 12.1 Å². The third kappa shape index (κ3) is 3.75. The predicted octanol–water partition coefficient (Wildman–Crippen LogP) is 1.54. The fraction of sp³-hybridized carbons (Fsp3) is 0.462. The Morgan fingerprint density at radius 1 is 1.47 bits per heavy atom. The average molecular weight is 236 g/mol. The zero-order valence-electron chi connectivity index (χ0n) is 10.6. The number of rotatable bonds is 5. The summed E-state index contributed by atoms with van der Waals surface area (Å²) in [7, 11) is 1.95. The lowest BCUT2D eigenvalue weighted by molar-refractivity contribution is -0.138. The first-order valence-corrected chi connectivity index (χ1v) is 5.68. The molecular weight excluding hydrogens is 216 g/mol. The fourth-order valence-corrected chi connectivity index (χ4v) is 1.71. The zero-order chi connectivity index (χ0) is 13.0. The van der Waals surface area contributed by atoms with E-state index >= 15 is 0 Å². The second-order valence-corrected chi connectivity index (χ2v) is 4.44. The number of hydrogen-bond donors (Lipinski definition) is 2. The number of hydrogen-bond acceptors (Lipinski definition) is 3. The van der Waals surface area contributed by atoms with Crippen LogP contribution in [0.25, 0.3) is 0 Å². The van der Waals surface area contributed by atoms with Gasteiger partial charge < -0.3 is 15.7 Å². The SMILES string of the molecule is Cc1ccc(C)c(N(C)CCC(N)C(=O)O)c1. The first-order chi connectivity index (χ1) is 7.91. The molecule has 0 aromatic heterocycles. The van der Waals surface area contributed by atoms with E-state index < -0.39 is 12.0 Å². The van der Waals surface area contributed by atoms with Crippen molar-refractivity contribution in [3.63, 3.8) is 0 Å². The van der Waals surface area contributed by atoms with Gasteiger partial charge in [-0.05, 0) is 37.5 Å². The summed E-state index contributed by atoms with van der Waals surface area (Å²) in [6.45, 7) is 4.72. The maximum absolute atomic E-state index is 10.6. The number of carboxylic acids is 1. The highest BCUT2D eigenvalue weighted by atomic mass is 16.4. The molecule has 0 radical (unpaired) electrons. The van der Waals surface area contributed by atoms with E-state index in [1.54, 1.807) is 0 Å². The maximum atomic E-state index is 10.6. The highest BCUT2D eigenvalue weighted by molar-refractivity contribution is 5.73. The second-order valence-electron chi connectivity index (χ2n) is 4.44. The molecule has 17 heavy (non-hydrogen) atoms. The number of aliphatic carboxylic acids is 1. The van der Waals surface area contributed by atoms with Crippen LogP contribution in [0.15, 0.2) is 18.2 Å². The van der Waals surface area contributed by atoms with Crippen molar-refractivity contribution in [2.45, 2.75) is 26.3 Å². The van der Waals surface area contributed by atoms with E-state index in [0.717, 1.165) is 5.69 Å². The van der Waals surface area contributed by atoms with Gasteiger partial charge in [-0.15, -0.1) is 0 Å². The Balaban J connectivity index is 2.66. The van der Waals surface area contributed by atoms with Crippen molar-refractivity contribution < 1.29 is 9.90 Å². The van der Waals surface area contributed by atoms with Gasteiger partial charge in [-0.3, -0.25) is 4.79 Å². The first kappa shape index (κ1) is 13.5. The molecule has 1 unspecified atom stereocenters. The van der Waals surface area contributed by atoms with E-state index in [1.807, 2.05) is 25.8 Å². The van der Waals surface area contributed by atoms with Gasteiger partial charge in [-0.2, -0.15) is 0 Å². The number of aryl methyl sites for hydroxylation is 2. The molecule has 0 aliphatic rings. The number of benzene rings is 1. The maximum Gasteiger partial charge on any atom is 0.320 e. The smallest absolute Gasteiger partial charge is 0.320 e. The summed E-state index contributed by atoms with van der Waals surface area (Å²) in [5.74, 6) is -0.945. The van der Waals surface area contributed by atoms with Crippen LogP contribution in [0.4, 0.5) is 5.69 Å². The van der Waals surface area contributed by atoms with Crippen LogP contribution in [0.5, 0.6) is 0 Å². The van der Waals surface area contributed by atoms with Crippen molar-refractivity contribution in [1.29, 1.82) is 0 Å². The molecule has 94 valence electrons. The van der Waals surface area contributed by atoms with Crippen LogP contribution in [0, 0.1) is 13.8 Å². The van der Waals surface area contributed by atoms with Crippen molar-refractivity contribution in [1.82, 2.24) is 0 Å². The molecule has 0 aliphatic carbocycles. The summed E-state index contributed by atoms with van der Waals surface area (Å²) >= 11 is 0. The molecule has 1 rings (SSSR count). The van der Waals surface area contributed by atoms with E-state index in [0.29, 0.717) is 13.0 Å². The Morgan fingerprint density at radius 2 is 2.12 bits per heavy atom. The largest absolute Gasteiger partial charge is 0.480 e. The fourth-order valence-electron chi connectivity index (χ4n) is 1.71. The van der Waals surface area contributed by atoms with E-state index in [9.17, 15) is 4.79 Å². The Morgan fingerprint density at radius 3 is 2.71 bits per heavy atom. The molecule has 0 spiro atoms. The Bertz CT molecular complexity index is 404. The van der Waals surface area contributed by atoms with E-state index in [4.69, 9.17) is 10.8 Å². The molecule has 0 bridgehead atoms. The van der Waals surface area contributed by atoms with Crippen molar-refractivity contribution in [3.8, 4) is 0 Å². The number of anilines is 1. The lowest BCUT2D eigenvalue weighted by atomic mass is 10.1. The molecule has 3 N–H and O–H groups in total. The van der Waals surface area contributed by atoms with E-state index in [-0.39, 0.29) is 0 Å².